The molecule has 3 aromatic rings. The molecular formula is C17H18N4O2S. The smallest absolute Gasteiger partial charge is 0.283 e. The minimum absolute atomic E-state index is 0.238. The Hall–Kier alpha value is -2.54. The van der Waals surface area contributed by atoms with Gasteiger partial charge in [0, 0.05) is 0 Å². The number of fused-ring (bicyclic) bond motifs is 1. The molecule has 0 fully saturated rings. The zero-order valence-electron chi connectivity index (χ0n) is 13.7. The van der Waals surface area contributed by atoms with Crippen molar-refractivity contribution in [2.24, 2.45) is 0 Å². The Bertz CT molecular complexity index is 988. The largest absolute Gasteiger partial charge is 0.465 e. The minimum Gasteiger partial charge on any atom is -0.465 e. The van der Waals surface area contributed by atoms with Crippen LogP contribution in [0.1, 0.15) is 30.9 Å². The predicted octanol–water partition coefficient (Wildman–Crippen LogP) is 3.31. The monoisotopic (exact) mass is 342 g/mol. The number of anilines is 1. The standard InChI is InChI=1S/C17H18N4O2S/c1-4-10(2)15-16(24)19-14-8-7-13(20-21(14)17(15)22)18-9-12-6-5-11(3)23-12/h4-8,24H,9H2,1-3H3,(H,18,20)/b10-4+. The van der Waals surface area contributed by atoms with Crippen LogP contribution in [0.15, 0.2) is 44.6 Å². The van der Waals surface area contributed by atoms with E-state index in [1.165, 1.54) is 4.52 Å². The molecule has 0 radical (unpaired) electrons. The molecule has 7 heteroatoms. The second kappa shape index (κ2) is 6.52. The zero-order chi connectivity index (χ0) is 17.3. The summed E-state index contributed by atoms with van der Waals surface area (Å²) in [6, 6.07) is 7.31. The summed E-state index contributed by atoms with van der Waals surface area (Å²) in [6.45, 7) is 6.10. The summed E-state index contributed by atoms with van der Waals surface area (Å²) in [7, 11) is 0. The molecule has 0 unspecified atom stereocenters. The molecule has 3 rings (SSSR count). The second-order valence-corrected chi connectivity index (χ2v) is 5.87. The van der Waals surface area contributed by atoms with Gasteiger partial charge in [-0.05, 0) is 50.6 Å². The van der Waals surface area contributed by atoms with Gasteiger partial charge in [0.15, 0.2) is 5.65 Å². The van der Waals surface area contributed by atoms with Crippen molar-refractivity contribution < 1.29 is 4.42 Å². The van der Waals surface area contributed by atoms with Crippen LogP contribution in [0, 0.1) is 6.92 Å². The van der Waals surface area contributed by atoms with Crippen LogP contribution in [0.4, 0.5) is 5.82 Å². The van der Waals surface area contributed by atoms with E-state index in [4.69, 9.17) is 4.42 Å². The van der Waals surface area contributed by atoms with Crippen molar-refractivity contribution in [2.45, 2.75) is 32.3 Å². The molecule has 3 heterocycles. The zero-order valence-corrected chi connectivity index (χ0v) is 14.6. The van der Waals surface area contributed by atoms with Crippen molar-refractivity contribution >= 4 is 29.7 Å². The van der Waals surface area contributed by atoms with Crippen molar-refractivity contribution in [1.82, 2.24) is 14.6 Å². The van der Waals surface area contributed by atoms with Gasteiger partial charge in [0.2, 0.25) is 0 Å². The predicted molar refractivity (Wildman–Crippen MR) is 96.6 cm³/mol. The van der Waals surface area contributed by atoms with Gasteiger partial charge < -0.3 is 9.73 Å². The number of rotatable bonds is 4. The van der Waals surface area contributed by atoms with Gasteiger partial charge in [0.05, 0.1) is 12.1 Å². The van der Waals surface area contributed by atoms with Crippen molar-refractivity contribution in [3.8, 4) is 0 Å². The highest BCUT2D eigenvalue weighted by Gasteiger charge is 2.13. The molecule has 0 aliphatic rings. The molecule has 0 saturated heterocycles. The number of aryl methyl sites for hydroxylation is 1. The van der Waals surface area contributed by atoms with Crippen LogP contribution in [0.5, 0.6) is 0 Å². The van der Waals surface area contributed by atoms with Crippen molar-refractivity contribution in [3.63, 3.8) is 0 Å². The normalized spacial score (nSPS) is 11.9. The third-order valence-electron chi connectivity index (χ3n) is 3.73. The van der Waals surface area contributed by atoms with Crippen molar-refractivity contribution in [1.29, 1.82) is 0 Å². The topological polar surface area (TPSA) is 72.4 Å². The average molecular weight is 342 g/mol. The van der Waals surface area contributed by atoms with E-state index < -0.39 is 0 Å². The van der Waals surface area contributed by atoms with E-state index in [-0.39, 0.29) is 5.56 Å². The Morgan fingerprint density at radius 1 is 1.38 bits per heavy atom. The summed E-state index contributed by atoms with van der Waals surface area (Å²) in [5.41, 5.74) is 1.50. The summed E-state index contributed by atoms with van der Waals surface area (Å²) in [4.78, 5) is 17.0. The molecule has 124 valence electrons. The lowest BCUT2D eigenvalue weighted by Gasteiger charge is -2.09. The van der Waals surface area contributed by atoms with E-state index in [0.29, 0.717) is 28.6 Å². The van der Waals surface area contributed by atoms with Crippen molar-refractivity contribution in [2.75, 3.05) is 5.32 Å². The maximum Gasteiger partial charge on any atom is 0.283 e. The number of aromatic nitrogens is 3. The van der Waals surface area contributed by atoms with Crippen LogP contribution in [0.25, 0.3) is 11.2 Å². The fourth-order valence-corrected chi connectivity index (χ4v) is 2.73. The van der Waals surface area contributed by atoms with Gasteiger partial charge in [0.25, 0.3) is 5.56 Å². The first-order valence-electron chi connectivity index (χ1n) is 7.55. The molecule has 0 spiro atoms. The van der Waals surface area contributed by atoms with Crippen molar-refractivity contribution in [3.05, 3.63) is 57.8 Å². The van der Waals surface area contributed by atoms with Crippen LogP contribution < -0.4 is 10.9 Å². The molecule has 1 N–H and O–H groups in total. The third kappa shape index (κ3) is 3.07. The van der Waals surface area contributed by atoms with Gasteiger partial charge in [-0.2, -0.15) is 4.52 Å². The highest BCUT2D eigenvalue weighted by molar-refractivity contribution is 7.80. The molecule has 0 saturated carbocycles. The molecule has 0 aromatic carbocycles. The molecule has 0 aliphatic carbocycles. The Morgan fingerprint density at radius 2 is 2.17 bits per heavy atom. The molecular weight excluding hydrogens is 324 g/mol. The number of nitrogens with one attached hydrogen (secondary N) is 1. The van der Waals surface area contributed by atoms with E-state index in [1.54, 1.807) is 12.1 Å². The van der Waals surface area contributed by atoms with E-state index in [2.05, 4.69) is 28.0 Å². The van der Waals surface area contributed by atoms with Crippen LogP contribution >= 0.6 is 12.6 Å². The van der Waals surface area contributed by atoms with Gasteiger partial charge in [-0.1, -0.05) is 6.08 Å². The van der Waals surface area contributed by atoms with E-state index >= 15 is 0 Å². The van der Waals surface area contributed by atoms with Gasteiger partial charge in [0.1, 0.15) is 22.4 Å². The van der Waals surface area contributed by atoms with Gasteiger partial charge in [-0.15, -0.1) is 17.7 Å². The Kier molecular flexibility index (Phi) is 4.44. The first kappa shape index (κ1) is 16.3. The summed E-state index contributed by atoms with van der Waals surface area (Å²) in [5, 5.41) is 7.89. The van der Waals surface area contributed by atoms with Gasteiger partial charge in [-0.25, -0.2) is 4.98 Å². The maximum absolute atomic E-state index is 12.7. The van der Waals surface area contributed by atoms with E-state index in [9.17, 15) is 4.79 Å². The molecule has 3 aromatic heterocycles. The SMILES string of the molecule is C/C=C(\C)c1c(S)nc2ccc(NCc3ccc(C)o3)nn2c1=O. The highest BCUT2D eigenvalue weighted by Crippen LogP contribution is 2.17. The summed E-state index contributed by atoms with van der Waals surface area (Å²) in [5.74, 6) is 2.22. The first-order valence-corrected chi connectivity index (χ1v) is 8.00. The molecule has 24 heavy (non-hydrogen) atoms. The van der Waals surface area contributed by atoms with Gasteiger partial charge >= 0.3 is 0 Å². The number of allylic oxidation sites excluding steroid dienone is 2. The lowest BCUT2D eigenvalue weighted by atomic mass is 10.1. The van der Waals surface area contributed by atoms with Crippen LogP contribution in [-0.4, -0.2) is 14.6 Å². The number of hydrogen-bond acceptors (Lipinski definition) is 6. The van der Waals surface area contributed by atoms with Crippen LogP contribution in [-0.2, 0) is 6.54 Å². The van der Waals surface area contributed by atoms with E-state index in [1.807, 2.05) is 39.0 Å². The molecule has 0 atom stereocenters. The first-order chi connectivity index (χ1) is 11.5. The summed E-state index contributed by atoms with van der Waals surface area (Å²) < 4.78 is 6.80. The number of thiol groups is 1. The fourth-order valence-electron chi connectivity index (χ4n) is 2.36. The average Bonchev–Trinajstić information content (AvgIpc) is 2.98. The maximum atomic E-state index is 12.7. The Balaban J connectivity index is 1.99. The molecule has 6 nitrogen and oxygen atoms in total. The third-order valence-corrected chi connectivity index (χ3v) is 4.06. The minimum atomic E-state index is -0.238. The number of nitrogens with zero attached hydrogens (tertiary/aromatic N) is 3. The molecule has 0 aliphatic heterocycles. The molecule has 0 bridgehead atoms. The number of hydrogen-bond donors (Lipinski definition) is 2. The molecule has 0 amide bonds. The summed E-state index contributed by atoms with van der Waals surface area (Å²) in [6.07, 6.45) is 1.85. The fraction of sp³-hybridized carbons (Fsp3) is 0.235. The second-order valence-electron chi connectivity index (χ2n) is 5.44. The number of furan rings is 1. The summed E-state index contributed by atoms with van der Waals surface area (Å²) >= 11 is 4.33. The van der Waals surface area contributed by atoms with Crippen LogP contribution in [0.3, 0.4) is 0 Å². The van der Waals surface area contributed by atoms with E-state index in [0.717, 1.165) is 17.1 Å². The lowest BCUT2D eigenvalue weighted by Crippen LogP contribution is -2.22. The van der Waals surface area contributed by atoms with Crippen LogP contribution in [0.2, 0.25) is 0 Å². The lowest BCUT2D eigenvalue weighted by molar-refractivity contribution is 0.490. The Labute approximate surface area is 144 Å². The quantitative estimate of drug-likeness (QED) is 0.562. The highest BCUT2D eigenvalue weighted by atomic mass is 32.1. The van der Waals surface area contributed by atoms with Gasteiger partial charge in [-0.3, -0.25) is 4.79 Å². The Morgan fingerprint density at radius 3 is 2.83 bits per heavy atom.